The maximum atomic E-state index is 13.1. The van der Waals surface area contributed by atoms with Crippen LogP contribution in [0.1, 0.15) is 40.0 Å². The molecule has 4 rings (SSSR count). The van der Waals surface area contributed by atoms with Gasteiger partial charge >= 0.3 is 0 Å². The quantitative estimate of drug-likeness (QED) is 0.520. The Kier molecular flexibility index (Phi) is 6.94. The first-order valence-electron chi connectivity index (χ1n) is 11.5. The Labute approximate surface area is 196 Å². The highest BCUT2D eigenvalue weighted by Gasteiger charge is 2.18. The van der Waals surface area contributed by atoms with Gasteiger partial charge in [-0.25, -0.2) is 0 Å². The number of carbonyl (C=O) groups excluding carboxylic acids is 1. The molecule has 0 unspecified atom stereocenters. The van der Waals surface area contributed by atoms with Crippen LogP contribution in [0.4, 0.5) is 11.4 Å². The number of amides is 1. The van der Waals surface area contributed by atoms with Gasteiger partial charge in [-0.15, -0.1) is 0 Å². The van der Waals surface area contributed by atoms with Gasteiger partial charge in [0.15, 0.2) is 0 Å². The van der Waals surface area contributed by atoms with Crippen LogP contribution in [0, 0.1) is 13.8 Å². The number of ether oxygens (including phenoxy) is 1. The molecular formula is C27H32N4O2. The van der Waals surface area contributed by atoms with Crippen LogP contribution in [-0.4, -0.2) is 43.0 Å². The highest BCUT2D eigenvalue weighted by Crippen LogP contribution is 2.33. The number of carbonyl (C=O) groups is 1. The molecule has 1 aromatic heterocycles. The molecule has 1 fully saturated rings. The number of methoxy groups -OCH3 is 1. The Balaban J connectivity index is 1.57. The molecule has 1 amide bonds. The normalized spacial score (nSPS) is 13.7. The van der Waals surface area contributed by atoms with Gasteiger partial charge in [0.05, 0.1) is 7.11 Å². The first-order chi connectivity index (χ1) is 16.0. The van der Waals surface area contributed by atoms with Crippen molar-refractivity contribution < 1.29 is 9.53 Å². The maximum Gasteiger partial charge on any atom is 0.274 e. The Morgan fingerprint density at radius 3 is 2.30 bits per heavy atom. The van der Waals surface area contributed by atoms with Crippen LogP contribution >= 0.6 is 0 Å². The molecule has 0 spiro atoms. The largest absolute Gasteiger partial charge is 0.496 e. The number of benzene rings is 2. The van der Waals surface area contributed by atoms with Gasteiger partial charge in [0, 0.05) is 42.8 Å². The highest BCUT2D eigenvalue weighted by atomic mass is 16.5. The molecular weight excluding hydrogens is 412 g/mol. The standard InChI is InChI=1S/C27H32N4O2/c1-18-21(9-7-11-23(18)28-3)22-10-8-12-24(19(22)2)30-27(32)25-15-26(33-4)20(16-29-25)17-31-13-5-6-14-31/h7-12,15-16,28H,5-6,13-14,17H2,1-4H3,(H,30,32). The molecule has 0 aliphatic carbocycles. The van der Waals surface area contributed by atoms with Crippen LogP contribution in [0.3, 0.4) is 0 Å². The number of hydrogen-bond donors (Lipinski definition) is 2. The van der Waals surface area contributed by atoms with Crippen molar-refractivity contribution in [1.29, 1.82) is 0 Å². The number of nitrogens with one attached hydrogen (secondary N) is 2. The van der Waals surface area contributed by atoms with E-state index >= 15 is 0 Å². The third kappa shape index (κ3) is 4.86. The van der Waals surface area contributed by atoms with Crippen LogP contribution in [0.5, 0.6) is 5.75 Å². The summed E-state index contributed by atoms with van der Waals surface area (Å²) >= 11 is 0. The number of anilines is 2. The summed E-state index contributed by atoms with van der Waals surface area (Å²) < 4.78 is 5.58. The number of hydrogen-bond acceptors (Lipinski definition) is 5. The molecule has 1 saturated heterocycles. The molecule has 1 aliphatic heterocycles. The molecule has 172 valence electrons. The SMILES string of the molecule is CNc1cccc(-c2cccc(NC(=O)c3cc(OC)c(CN4CCCC4)cn3)c2C)c1C. The fraction of sp³-hybridized carbons (Fsp3) is 0.333. The van der Waals surface area contributed by atoms with E-state index in [9.17, 15) is 4.79 Å². The van der Waals surface area contributed by atoms with Gasteiger partial charge < -0.3 is 15.4 Å². The second kappa shape index (κ2) is 10.0. The second-order valence-corrected chi connectivity index (χ2v) is 8.53. The van der Waals surface area contributed by atoms with E-state index in [1.54, 1.807) is 19.4 Å². The van der Waals surface area contributed by atoms with Crippen molar-refractivity contribution in [2.75, 3.05) is 37.9 Å². The fourth-order valence-electron chi connectivity index (χ4n) is 4.53. The Bertz CT molecular complexity index is 1150. The van der Waals surface area contributed by atoms with Gasteiger partial charge in [-0.05, 0) is 74.2 Å². The van der Waals surface area contributed by atoms with E-state index in [1.807, 2.05) is 32.2 Å². The smallest absolute Gasteiger partial charge is 0.274 e. The molecule has 6 nitrogen and oxygen atoms in total. The van der Waals surface area contributed by atoms with E-state index in [0.717, 1.165) is 53.3 Å². The molecule has 0 atom stereocenters. The summed E-state index contributed by atoms with van der Waals surface area (Å²) in [6, 6.07) is 13.9. The molecule has 0 bridgehead atoms. The molecule has 2 aromatic carbocycles. The summed E-state index contributed by atoms with van der Waals surface area (Å²) in [6.07, 6.45) is 4.22. The lowest BCUT2D eigenvalue weighted by Crippen LogP contribution is -2.20. The molecule has 33 heavy (non-hydrogen) atoms. The first-order valence-corrected chi connectivity index (χ1v) is 11.5. The molecule has 2 heterocycles. The number of nitrogens with zero attached hydrogens (tertiary/aromatic N) is 2. The van der Waals surface area contributed by atoms with Gasteiger partial charge in [-0.3, -0.25) is 14.7 Å². The lowest BCUT2D eigenvalue weighted by atomic mass is 9.94. The average Bonchev–Trinajstić information content (AvgIpc) is 3.34. The van der Waals surface area contributed by atoms with E-state index in [4.69, 9.17) is 4.74 Å². The van der Waals surface area contributed by atoms with Crippen molar-refractivity contribution in [3.8, 4) is 16.9 Å². The zero-order valence-electron chi connectivity index (χ0n) is 19.9. The Hall–Kier alpha value is -3.38. The van der Waals surface area contributed by atoms with Crippen molar-refractivity contribution in [1.82, 2.24) is 9.88 Å². The number of rotatable bonds is 7. The van der Waals surface area contributed by atoms with Crippen molar-refractivity contribution in [3.05, 3.63) is 71.0 Å². The number of aromatic nitrogens is 1. The second-order valence-electron chi connectivity index (χ2n) is 8.53. The van der Waals surface area contributed by atoms with E-state index < -0.39 is 0 Å². The zero-order chi connectivity index (χ0) is 23.4. The number of likely N-dealkylation sites (tertiary alicyclic amines) is 1. The van der Waals surface area contributed by atoms with E-state index in [2.05, 4.69) is 45.6 Å². The van der Waals surface area contributed by atoms with Crippen LogP contribution in [0.25, 0.3) is 11.1 Å². The fourth-order valence-corrected chi connectivity index (χ4v) is 4.53. The van der Waals surface area contributed by atoms with E-state index in [1.165, 1.54) is 18.4 Å². The summed E-state index contributed by atoms with van der Waals surface area (Å²) in [5, 5.41) is 6.28. The van der Waals surface area contributed by atoms with Gasteiger partial charge in [0.25, 0.3) is 5.91 Å². The van der Waals surface area contributed by atoms with Gasteiger partial charge in [-0.2, -0.15) is 0 Å². The Morgan fingerprint density at radius 1 is 1.03 bits per heavy atom. The van der Waals surface area contributed by atoms with Crippen molar-refractivity contribution in [3.63, 3.8) is 0 Å². The summed E-state index contributed by atoms with van der Waals surface area (Å²) in [5.74, 6) is 0.453. The van der Waals surface area contributed by atoms with Gasteiger partial charge in [-0.1, -0.05) is 24.3 Å². The predicted molar refractivity (Wildman–Crippen MR) is 134 cm³/mol. The molecule has 2 N–H and O–H groups in total. The average molecular weight is 445 g/mol. The first kappa shape index (κ1) is 22.8. The van der Waals surface area contributed by atoms with Crippen LogP contribution in [0.15, 0.2) is 48.7 Å². The highest BCUT2D eigenvalue weighted by molar-refractivity contribution is 6.04. The Morgan fingerprint density at radius 2 is 1.67 bits per heavy atom. The summed E-state index contributed by atoms with van der Waals surface area (Å²) in [5.41, 5.74) is 7.63. The topological polar surface area (TPSA) is 66.5 Å². The van der Waals surface area contributed by atoms with Crippen molar-refractivity contribution >= 4 is 17.3 Å². The summed E-state index contributed by atoms with van der Waals surface area (Å²) in [4.78, 5) is 19.9. The molecule has 6 heteroatoms. The van der Waals surface area contributed by atoms with Crippen molar-refractivity contribution in [2.24, 2.45) is 0 Å². The van der Waals surface area contributed by atoms with Gasteiger partial charge in [0.2, 0.25) is 0 Å². The lowest BCUT2D eigenvalue weighted by molar-refractivity contribution is 0.102. The summed E-state index contributed by atoms with van der Waals surface area (Å²) in [6.45, 7) is 7.12. The molecule has 0 saturated carbocycles. The molecule has 1 aliphatic rings. The van der Waals surface area contributed by atoms with Gasteiger partial charge in [0.1, 0.15) is 11.4 Å². The minimum Gasteiger partial charge on any atom is -0.496 e. The molecule has 3 aromatic rings. The maximum absolute atomic E-state index is 13.1. The van der Waals surface area contributed by atoms with Crippen LogP contribution in [0.2, 0.25) is 0 Å². The third-order valence-corrected chi connectivity index (χ3v) is 6.46. The predicted octanol–water partition coefficient (Wildman–Crippen LogP) is 5.26. The summed E-state index contributed by atoms with van der Waals surface area (Å²) in [7, 11) is 3.56. The lowest BCUT2D eigenvalue weighted by Gasteiger charge is -2.18. The van der Waals surface area contributed by atoms with E-state index in [-0.39, 0.29) is 5.91 Å². The monoisotopic (exact) mass is 444 g/mol. The minimum atomic E-state index is -0.248. The van der Waals surface area contributed by atoms with Crippen molar-refractivity contribution in [2.45, 2.75) is 33.2 Å². The number of pyridine rings is 1. The van der Waals surface area contributed by atoms with E-state index in [0.29, 0.717) is 11.4 Å². The minimum absolute atomic E-state index is 0.248. The van der Waals surface area contributed by atoms with Crippen LogP contribution < -0.4 is 15.4 Å². The molecule has 0 radical (unpaired) electrons. The third-order valence-electron chi connectivity index (χ3n) is 6.46. The zero-order valence-corrected chi connectivity index (χ0v) is 19.9. The van der Waals surface area contributed by atoms with Crippen LogP contribution in [-0.2, 0) is 6.54 Å².